The Morgan fingerprint density at radius 1 is 1.33 bits per heavy atom. The summed E-state index contributed by atoms with van der Waals surface area (Å²) in [5, 5.41) is 12.3. The van der Waals surface area contributed by atoms with E-state index in [9.17, 15) is 4.39 Å². The summed E-state index contributed by atoms with van der Waals surface area (Å²) in [6, 6.07) is 7.61. The topological polar surface area (TPSA) is 39.1 Å². The van der Waals surface area contributed by atoms with Gasteiger partial charge in [-0.15, -0.1) is 0 Å². The van der Waals surface area contributed by atoms with E-state index >= 15 is 0 Å². The Labute approximate surface area is 106 Å². The molecule has 1 N–H and O–H groups in total. The second-order valence-corrected chi connectivity index (χ2v) is 5.09. The third kappa shape index (κ3) is 1.95. The predicted molar refractivity (Wildman–Crippen MR) is 67.7 cm³/mol. The van der Waals surface area contributed by atoms with E-state index in [1.54, 1.807) is 12.1 Å². The zero-order valence-corrected chi connectivity index (χ0v) is 10.2. The van der Waals surface area contributed by atoms with E-state index in [0.717, 1.165) is 18.7 Å². The lowest BCUT2D eigenvalue weighted by Crippen LogP contribution is -2.33. The van der Waals surface area contributed by atoms with Crippen LogP contribution in [0.3, 0.4) is 0 Å². The van der Waals surface area contributed by atoms with Gasteiger partial charge in [-0.2, -0.15) is 5.26 Å². The highest BCUT2D eigenvalue weighted by atomic mass is 19.1. The molecule has 2 saturated heterocycles. The van der Waals surface area contributed by atoms with Crippen molar-refractivity contribution in [3.8, 4) is 6.07 Å². The highest BCUT2D eigenvalue weighted by Crippen LogP contribution is 2.30. The van der Waals surface area contributed by atoms with Crippen LogP contribution in [-0.4, -0.2) is 30.1 Å². The third-order valence-corrected chi connectivity index (χ3v) is 4.04. The number of rotatable bonds is 2. The van der Waals surface area contributed by atoms with Crippen LogP contribution < -0.4 is 5.32 Å². The lowest BCUT2D eigenvalue weighted by Gasteiger charge is -2.22. The fourth-order valence-corrected chi connectivity index (χ4v) is 3.17. The molecular weight excluding hydrogens is 229 g/mol. The Morgan fingerprint density at radius 2 is 2.22 bits per heavy atom. The molecule has 2 fully saturated rings. The predicted octanol–water partition coefficient (Wildman–Crippen LogP) is 2.35. The first-order valence-corrected chi connectivity index (χ1v) is 6.48. The van der Waals surface area contributed by atoms with Gasteiger partial charge in [0.1, 0.15) is 11.9 Å². The molecule has 1 aromatic rings. The lowest BCUT2D eigenvalue weighted by atomic mass is 10.1. The van der Waals surface area contributed by atoms with Crippen LogP contribution >= 0.6 is 0 Å². The minimum absolute atomic E-state index is 0.112. The molecule has 0 amide bonds. The first-order chi connectivity index (χ1) is 8.78. The summed E-state index contributed by atoms with van der Waals surface area (Å²) in [5.74, 6) is -0.447. The Bertz CT molecular complexity index is 494. The normalized spacial score (nSPS) is 26.9. The van der Waals surface area contributed by atoms with Crippen LogP contribution in [0, 0.1) is 17.1 Å². The van der Waals surface area contributed by atoms with Crippen molar-refractivity contribution in [2.75, 3.05) is 18.4 Å². The van der Waals surface area contributed by atoms with Gasteiger partial charge in [0.2, 0.25) is 0 Å². The van der Waals surface area contributed by atoms with Crippen LogP contribution in [0.25, 0.3) is 0 Å². The van der Waals surface area contributed by atoms with E-state index in [4.69, 9.17) is 5.26 Å². The van der Waals surface area contributed by atoms with Gasteiger partial charge in [-0.3, -0.25) is 4.90 Å². The minimum Gasteiger partial charge on any atom is -0.381 e. The molecule has 2 heterocycles. The van der Waals surface area contributed by atoms with E-state index in [1.165, 1.54) is 25.5 Å². The molecule has 2 aliphatic heterocycles. The van der Waals surface area contributed by atoms with Crippen molar-refractivity contribution in [1.29, 1.82) is 5.26 Å². The molecule has 18 heavy (non-hydrogen) atoms. The zero-order chi connectivity index (χ0) is 12.5. The second-order valence-electron chi connectivity index (χ2n) is 5.09. The fourth-order valence-electron chi connectivity index (χ4n) is 3.17. The number of halogens is 1. The van der Waals surface area contributed by atoms with Crippen molar-refractivity contribution in [3.05, 3.63) is 29.6 Å². The van der Waals surface area contributed by atoms with Crippen LogP contribution in [0.5, 0.6) is 0 Å². The molecule has 2 unspecified atom stereocenters. The molecule has 0 radical (unpaired) electrons. The standard InChI is InChI=1S/C14H16FN3/c15-12-4-3-11(8-10(12)9-16)17-13-5-7-18-6-1-2-14(13)18/h3-4,8,13-14,17H,1-2,5-7H2. The van der Waals surface area contributed by atoms with Crippen LogP contribution in [0.2, 0.25) is 0 Å². The van der Waals surface area contributed by atoms with Crippen molar-refractivity contribution in [2.45, 2.75) is 31.3 Å². The molecule has 3 rings (SSSR count). The van der Waals surface area contributed by atoms with E-state index < -0.39 is 5.82 Å². The van der Waals surface area contributed by atoms with Crippen molar-refractivity contribution in [2.24, 2.45) is 0 Å². The van der Waals surface area contributed by atoms with Crippen molar-refractivity contribution < 1.29 is 4.39 Å². The van der Waals surface area contributed by atoms with Gasteiger partial charge in [-0.25, -0.2) is 4.39 Å². The van der Waals surface area contributed by atoms with Gasteiger partial charge in [-0.1, -0.05) is 0 Å². The lowest BCUT2D eigenvalue weighted by molar-refractivity contribution is 0.318. The van der Waals surface area contributed by atoms with Gasteiger partial charge in [-0.05, 0) is 44.0 Å². The molecule has 0 spiro atoms. The monoisotopic (exact) mass is 245 g/mol. The van der Waals surface area contributed by atoms with Gasteiger partial charge in [0.05, 0.1) is 5.56 Å². The number of nitrogens with zero attached hydrogens (tertiary/aromatic N) is 2. The van der Waals surface area contributed by atoms with Crippen LogP contribution in [0.4, 0.5) is 10.1 Å². The molecular formula is C14H16FN3. The molecule has 2 atom stereocenters. The SMILES string of the molecule is N#Cc1cc(NC2CCN3CCCC23)ccc1F. The van der Waals surface area contributed by atoms with Crippen LogP contribution in [-0.2, 0) is 0 Å². The maximum atomic E-state index is 13.2. The van der Waals surface area contributed by atoms with E-state index in [-0.39, 0.29) is 5.56 Å². The summed E-state index contributed by atoms with van der Waals surface area (Å²) in [6.45, 7) is 2.35. The quantitative estimate of drug-likeness (QED) is 0.869. The summed E-state index contributed by atoms with van der Waals surface area (Å²) >= 11 is 0. The average molecular weight is 245 g/mol. The summed E-state index contributed by atoms with van der Waals surface area (Å²) in [4.78, 5) is 2.52. The van der Waals surface area contributed by atoms with E-state index in [0.29, 0.717) is 12.1 Å². The second kappa shape index (κ2) is 4.58. The van der Waals surface area contributed by atoms with E-state index in [2.05, 4.69) is 10.2 Å². The summed E-state index contributed by atoms with van der Waals surface area (Å²) in [6.07, 6.45) is 3.64. The minimum atomic E-state index is -0.447. The highest BCUT2D eigenvalue weighted by Gasteiger charge is 2.36. The van der Waals surface area contributed by atoms with Gasteiger partial charge in [0.25, 0.3) is 0 Å². The van der Waals surface area contributed by atoms with Crippen LogP contribution in [0.1, 0.15) is 24.8 Å². The maximum Gasteiger partial charge on any atom is 0.141 e. The number of hydrogen-bond donors (Lipinski definition) is 1. The summed E-state index contributed by atoms with van der Waals surface area (Å²) in [5.41, 5.74) is 0.966. The number of benzene rings is 1. The maximum absolute atomic E-state index is 13.2. The van der Waals surface area contributed by atoms with Gasteiger partial charge < -0.3 is 5.32 Å². The molecule has 3 nitrogen and oxygen atoms in total. The first-order valence-electron chi connectivity index (χ1n) is 6.48. The third-order valence-electron chi connectivity index (χ3n) is 4.04. The Hall–Kier alpha value is -1.60. The van der Waals surface area contributed by atoms with Crippen molar-refractivity contribution in [1.82, 2.24) is 4.90 Å². The van der Waals surface area contributed by atoms with Gasteiger partial charge in [0, 0.05) is 24.3 Å². The van der Waals surface area contributed by atoms with Crippen molar-refractivity contribution in [3.63, 3.8) is 0 Å². The molecule has 94 valence electrons. The largest absolute Gasteiger partial charge is 0.381 e. The average Bonchev–Trinajstić information content (AvgIpc) is 2.96. The molecule has 0 bridgehead atoms. The zero-order valence-electron chi connectivity index (χ0n) is 10.2. The molecule has 0 saturated carbocycles. The number of anilines is 1. The Balaban J connectivity index is 1.75. The fraction of sp³-hybridized carbons (Fsp3) is 0.500. The molecule has 1 aromatic carbocycles. The molecule has 0 aromatic heterocycles. The van der Waals surface area contributed by atoms with Crippen LogP contribution in [0.15, 0.2) is 18.2 Å². The smallest absolute Gasteiger partial charge is 0.141 e. The molecule has 2 aliphatic rings. The summed E-state index contributed by atoms with van der Waals surface area (Å²) in [7, 11) is 0. The Kier molecular flexibility index (Phi) is 2.92. The number of hydrogen-bond acceptors (Lipinski definition) is 3. The highest BCUT2D eigenvalue weighted by molar-refractivity contribution is 5.50. The molecule has 0 aliphatic carbocycles. The van der Waals surface area contributed by atoms with E-state index in [1.807, 2.05) is 6.07 Å². The van der Waals surface area contributed by atoms with Gasteiger partial charge >= 0.3 is 0 Å². The summed E-state index contributed by atoms with van der Waals surface area (Å²) < 4.78 is 13.2. The van der Waals surface area contributed by atoms with Crippen molar-refractivity contribution >= 4 is 5.69 Å². The first kappa shape index (κ1) is 11.5. The number of nitriles is 1. The molecule has 4 heteroatoms. The number of fused-ring (bicyclic) bond motifs is 1. The number of nitrogens with one attached hydrogen (secondary N) is 1. The van der Waals surface area contributed by atoms with Gasteiger partial charge in [0.15, 0.2) is 0 Å². The Morgan fingerprint density at radius 3 is 3.06 bits per heavy atom.